The largest absolute Gasteiger partial charge is 0.197 e. The topological polar surface area (TPSA) is 23.8 Å². The van der Waals surface area contributed by atoms with Crippen LogP contribution in [-0.2, 0) is 0 Å². The molecule has 0 atom stereocenters. The molecule has 1 nitrogen and oxygen atoms in total. The van der Waals surface area contributed by atoms with Crippen LogP contribution in [0.5, 0.6) is 0 Å². The Balaban J connectivity index is 3.85. The summed E-state index contributed by atoms with van der Waals surface area (Å²) in [6.45, 7) is 5.79. The summed E-state index contributed by atoms with van der Waals surface area (Å²) in [4.78, 5) is 0. The maximum absolute atomic E-state index is 8.63. The zero-order chi connectivity index (χ0) is 8.74. The SMILES string of the molecule is CC=CCC=CC(C)(C)C#N. The van der Waals surface area contributed by atoms with Crippen molar-refractivity contribution in [2.75, 3.05) is 0 Å². The highest BCUT2D eigenvalue weighted by atomic mass is 14.3. The summed E-state index contributed by atoms with van der Waals surface area (Å²) in [5.41, 5.74) is -0.318. The molecule has 0 amide bonds. The molecule has 0 aromatic rings. The fourth-order valence-electron chi connectivity index (χ4n) is 0.615. The fourth-order valence-corrected chi connectivity index (χ4v) is 0.615. The van der Waals surface area contributed by atoms with Crippen molar-refractivity contribution in [3.05, 3.63) is 24.3 Å². The third-order valence-corrected chi connectivity index (χ3v) is 1.33. The molecule has 0 spiro atoms. The van der Waals surface area contributed by atoms with Crippen LogP contribution >= 0.6 is 0 Å². The van der Waals surface area contributed by atoms with Gasteiger partial charge in [0.05, 0.1) is 11.5 Å². The normalized spacial score (nSPS) is 12.5. The lowest BCUT2D eigenvalue weighted by atomic mass is 9.95. The van der Waals surface area contributed by atoms with Gasteiger partial charge in [0.1, 0.15) is 0 Å². The Morgan fingerprint density at radius 2 is 2.00 bits per heavy atom. The Bertz CT molecular complexity index is 191. The lowest BCUT2D eigenvalue weighted by Gasteiger charge is -2.06. The van der Waals surface area contributed by atoms with Crippen molar-refractivity contribution < 1.29 is 0 Å². The second kappa shape index (κ2) is 4.73. The second-order valence-electron chi connectivity index (χ2n) is 3.04. The van der Waals surface area contributed by atoms with E-state index in [-0.39, 0.29) is 5.41 Å². The fraction of sp³-hybridized carbons (Fsp3) is 0.500. The number of nitrogens with zero attached hydrogens (tertiary/aromatic N) is 1. The highest BCUT2D eigenvalue weighted by Gasteiger charge is 2.09. The molecular weight excluding hydrogens is 134 g/mol. The Morgan fingerprint density at radius 1 is 1.36 bits per heavy atom. The van der Waals surface area contributed by atoms with Crippen molar-refractivity contribution in [3.63, 3.8) is 0 Å². The predicted molar refractivity (Wildman–Crippen MR) is 48.0 cm³/mol. The van der Waals surface area contributed by atoms with E-state index in [1.807, 2.05) is 39.0 Å². The first-order chi connectivity index (χ1) is 5.12. The van der Waals surface area contributed by atoms with Crippen LogP contribution < -0.4 is 0 Å². The highest BCUT2D eigenvalue weighted by Crippen LogP contribution is 2.14. The van der Waals surface area contributed by atoms with Gasteiger partial charge in [-0.1, -0.05) is 24.3 Å². The van der Waals surface area contributed by atoms with Crippen LogP contribution in [0.1, 0.15) is 27.2 Å². The number of allylic oxidation sites excluding steroid dienone is 4. The number of nitriles is 1. The first kappa shape index (κ1) is 9.97. The summed E-state index contributed by atoms with van der Waals surface area (Å²) in [6, 6.07) is 2.21. The van der Waals surface area contributed by atoms with E-state index in [0.29, 0.717) is 0 Å². The monoisotopic (exact) mass is 149 g/mol. The third-order valence-electron chi connectivity index (χ3n) is 1.33. The molecule has 0 aliphatic heterocycles. The van der Waals surface area contributed by atoms with Crippen molar-refractivity contribution in [2.24, 2.45) is 5.41 Å². The van der Waals surface area contributed by atoms with Gasteiger partial charge in [-0.05, 0) is 27.2 Å². The van der Waals surface area contributed by atoms with Gasteiger partial charge in [-0.15, -0.1) is 0 Å². The molecular formula is C10H15N. The van der Waals surface area contributed by atoms with E-state index in [1.165, 1.54) is 0 Å². The van der Waals surface area contributed by atoms with Gasteiger partial charge in [0, 0.05) is 0 Å². The van der Waals surface area contributed by atoms with Crippen LogP contribution in [0.3, 0.4) is 0 Å². The van der Waals surface area contributed by atoms with Gasteiger partial charge in [0.25, 0.3) is 0 Å². The molecule has 0 aromatic carbocycles. The maximum atomic E-state index is 8.63. The van der Waals surface area contributed by atoms with Gasteiger partial charge in [-0.3, -0.25) is 0 Å². The molecule has 0 unspecified atom stereocenters. The predicted octanol–water partition coefficient (Wildman–Crippen LogP) is 3.06. The number of hydrogen-bond acceptors (Lipinski definition) is 1. The minimum atomic E-state index is -0.318. The van der Waals surface area contributed by atoms with E-state index in [0.717, 1.165) is 6.42 Å². The van der Waals surface area contributed by atoms with Crippen LogP contribution in [0.25, 0.3) is 0 Å². The molecule has 0 N–H and O–H groups in total. The van der Waals surface area contributed by atoms with E-state index in [9.17, 15) is 0 Å². The molecule has 11 heavy (non-hydrogen) atoms. The van der Waals surface area contributed by atoms with Gasteiger partial charge >= 0.3 is 0 Å². The quantitative estimate of drug-likeness (QED) is 0.566. The van der Waals surface area contributed by atoms with E-state index in [2.05, 4.69) is 12.1 Å². The highest BCUT2D eigenvalue weighted by molar-refractivity contribution is 5.08. The minimum absolute atomic E-state index is 0.318. The van der Waals surface area contributed by atoms with Gasteiger partial charge in [-0.25, -0.2) is 0 Å². The van der Waals surface area contributed by atoms with E-state index in [4.69, 9.17) is 5.26 Å². The average molecular weight is 149 g/mol. The van der Waals surface area contributed by atoms with Crippen LogP contribution in [0.15, 0.2) is 24.3 Å². The smallest absolute Gasteiger partial charge is 0.0725 e. The second-order valence-corrected chi connectivity index (χ2v) is 3.04. The maximum Gasteiger partial charge on any atom is 0.0725 e. The van der Waals surface area contributed by atoms with Gasteiger partial charge in [0.2, 0.25) is 0 Å². The molecule has 0 aliphatic rings. The molecule has 0 radical (unpaired) electrons. The van der Waals surface area contributed by atoms with Gasteiger partial charge in [0.15, 0.2) is 0 Å². The molecule has 0 aliphatic carbocycles. The third kappa shape index (κ3) is 5.42. The molecule has 0 saturated carbocycles. The molecule has 0 saturated heterocycles. The Hall–Kier alpha value is -1.03. The molecule has 1 heteroatoms. The first-order valence-electron chi connectivity index (χ1n) is 3.82. The van der Waals surface area contributed by atoms with Crippen molar-refractivity contribution in [1.82, 2.24) is 0 Å². The summed E-state index contributed by atoms with van der Waals surface area (Å²) in [5.74, 6) is 0. The lowest BCUT2D eigenvalue weighted by Crippen LogP contribution is -2.01. The van der Waals surface area contributed by atoms with Crippen LogP contribution in [0.4, 0.5) is 0 Å². The molecule has 0 bridgehead atoms. The first-order valence-corrected chi connectivity index (χ1v) is 3.82. The summed E-state index contributed by atoms with van der Waals surface area (Å²) < 4.78 is 0. The van der Waals surface area contributed by atoms with Crippen molar-refractivity contribution >= 4 is 0 Å². The summed E-state index contributed by atoms with van der Waals surface area (Å²) in [5, 5.41) is 8.63. The van der Waals surface area contributed by atoms with Crippen molar-refractivity contribution in [3.8, 4) is 6.07 Å². The van der Waals surface area contributed by atoms with Crippen LogP contribution in [0.2, 0.25) is 0 Å². The van der Waals surface area contributed by atoms with Crippen LogP contribution in [0, 0.1) is 16.7 Å². The molecule has 0 rings (SSSR count). The molecule has 60 valence electrons. The van der Waals surface area contributed by atoms with Crippen molar-refractivity contribution in [1.29, 1.82) is 5.26 Å². The Kier molecular flexibility index (Phi) is 4.29. The minimum Gasteiger partial charge on any atom is -0.197 e. The zero-order valence-corrected chi connectivity index (χ0v) is 7.46. The summed E-state index contributed by atoms with van der Waals surface area (Å²) >= 11 is 0. The van der Waals surface area contributed by atoms with E-state index >= 15 is 0 Å². The zero-order valence-electron chi connectivity index (χ0n) is 7.46. The Morgan fingerprint density at radius 3 is 2.45 bits per heavy atom. The number of rotatable bonds is 3. The van der Waals surface area contributed by atoms with Crippen molar-refractivity contribution in [2.45, 2.75) is 27.2 Å². The van der Waals surface area contributed by atoms with E-state index in [1.54, 1.807) is 0 Å². The molecule has 0 aromatic heterocycles. The summed E-state index contributed by atoms with van der Waals surface area (Å²) in [7, 11) is 0. The lowest BCUT2D eigenvalue weighted by molar-refractivity contribution is 0.642. The van der Waals surface area contributed by atoms with Crippen LogP contribution in [-0.4, -0.2) is 0 Å². The standard InChI is InChI=1S/C10H15N/c1-4-5-6-7-8-10(2,3)9-11/h4-5,7-8H,6H2,1-3H3. The average Bonchev–Trinajstić information content (AvgIpc) is 1.99. The summed E-state index contributed by atoms with van der Waals surface area (Å²) in [6.07, 6.45) is 8.94. The molecule has 0 heterocycles. The number of hydrogen-bond donors (Lipinski definition) is 0. The Labute approximate surface area is 69.0 Å². The van der Waals surface area contributed by atoms with Gasteiger partial charge < -0.3 is 0 Å². The molecule has 0 fully saturated rings. The van der Waals surface area contributed by atoms with E-state index < -0.39 is 0 Å². The van der Waals surface area contributed by atoms with Gasteiger partial charge in [-0.2, -0.15) is 5.26 Å².